The van der Waals surface area contributed by atoms with Crippen molar-refractivity contribution in [2.24, 2.45) is 5.92 Å². The van der Waals surface area contributed by atoms with Crippen LogP contribution in [-0.2, 0) is 15.9 Å². The highest BCUT2D eigenvalue weighted by molar-refractivity contribution is 7.60. The molecule has 108 valence electrons. The molecule has 0 saturated carbocycles. The Morgan fingerprint density at radius 3 is 2.05 bits per heavy atom. The number of fused-ring (bicyclic) bond motifs is 3. The van der Waals surface area contributed by atoms with Crippen molar-refractivity contribution >= 4 is 34.8 Å². The predicted octanol–water partition coefficient (Wildman–Crippen LogP) is 5.18. The van der Waals surface area contributed by atoms with Gasteiger partial charge in [-0.2, -0.15) is 0 Å². The third-order valence-corrected chi connectivity index (χ3v) is 6.45. The molecule has 2 nitrogen and oxygen atoms in total. The molecule has 1 heterocycles. The maximum absolute atomic E-state index is 10.9. The first kappa shape index (κ1) is 14.3. The first-order valence-electron chi connectivity index (χ1n) is 7.25. The Kier molecular flexibility index (Phi) is 4.10. The first-order valence-corrected chi connectivity index (χ1v) is 8.78. The quantitative estimate of drug-likeness (QED) is 0.607. The molecule has 21 heavy (non-hydrogen) atoms. The zero-order valence-corrected chi connectivity index (χ0v) is 13.2. The lowest BCUT2D eigenvalue weighted by atomic mass is 10.1. The maximum Gasteiger partial charge on any atom is 0.125 e. The number of ether oxygens (including phenoxy) is 1. The normalized spacial score (nSPS) is 14.4. The van der Waals surface area contributed by atoms with Gasteiger partial charge in [0, 0.05) is 16.2 Å². The van der Waals surface area contributed by atoms with Gasteiger partial charge in [-0.15, -0.1) is 0 Å². The molecule has 0 bridgehead atoms. The van der Waals surface area contributed by atoms with E-state index in [-0.39, 0.29) is 12.0 Å². The molecule has 3 aromatic rings. The van der Waals surface area contributed by atoms with Gasteiger partial charge in [0.05, 0.1) is 12.5 Å². The van der Waals surface area contributed by atoms with Crippen LogP contribution in [0.15, 0.2) is 48.5 Å². The molecule has 0 aliphatic rings. The van der Waals surface area contributed by atoms with Crippen LogP contribution in [0.5, 0.6) is 0 Å². The Labute approximate surface area is 125 Å². The van der Waals surface area contributed by atoms with E-state index in [1.54, 1.807) is 0 Å². The summed E-state index contributed by atoms with van der Waals surface area (Å²) in [6, 6.07) is 17.2. The van der Waals surface area contributed by atoms with E-state index in [1.165, 1.54) is 21.0 Å². The van der Waals surface area contributed by atoms with E-state index in [0.29, 0.717) is 6.35 Å². The van der Waals surface area contributed by atoms with Crippen molar-refractivity contribution < 1.29 is 9.53 Å². The SMILES string of the molecule is C[C@@H](C=O)[C@@H](C)OCp1c2ccccc2c2ccccc21. The molecule has 2 aromatic carbocycles. The van der Waals surface area contributed by atoms with E-state index >= 15 is 0 Å². The zero-order chi connectivity index (χ0) is 14.8. The van der Waals surface area contributed by atoms with Crippen molar-refractivity contribution in [1.82, 2.24) is 0 Å². The fraction of sp³-hybridized carbons (Fsp3) is 0.278. The molecule has 0 N–H and O–H groups in total. The molecular weight excluding hydrogens is 279 g/mol. The third-order valence-electron chi connectivity index (χ3n) is 4.10. The van der Waals surface area contributed by atoms with Crippen LogP contribution in [0.25, 0.3) is 21.0 Å². The van der Waals surface area contributed by atoms with Crippen molar-refractivity contribution in [3.05, 3.63) is 48.5 Å². The van der Waals surface area contributed by atoms with E-state index in [2.05, 4.69) is 48.5 Å². The molecule has 0 radical (unpaired) electrons. The smallest absolute Gasteiger partial charge is 0.125 e. The Morgan fingerprint density at radius 1 is 1.00 bits per heavy atom. The maximum atomic E-state index is 10.9. The van der Waals surface area contributed by atoms with Crippen LogP contribution in [0, 0.1) is 5.92 Å². The standard InChI is InChI=1S/C18H19O2P/c1-13(11-19)14(2)20-12-21-17-9-5-3-7-15(17)16-8-4-6-10-18(16)21/h3-11,13-14H,12H2,1-2H3/t13-,14+/m0/s1. The monoisotopic (exact) mass is 298 g/mol. The van der Waals surface area contributed by atoms with Gasteiger partial charge in [0.2, 0.25) is 0 Å². The summed E-state index contributed by atoms with van der Waals surface area (Å²) in [6.07, 6.45) is 1.61. The van der Waals surface area contributed by atoms with Gasteiger partial charge in [0.15, 0.2) is 0 Å². The Bertz CT molecular complexity index is 722. The van der Waals surface area contributed by atoms with Gasteiger partial charge in [0.25, 0.3) is 0 Å². The summed E-state index contributed by atoms with van der Waals surface area (Å²) >= 11 is 0. The number of rotatable bonds is 5. The summed E-state index contributed by atoms with van der Waals surface area (Å²) in [4.78, 5) is 10.9. The minimum atomic E-state index is -0.477. The zero-order valence-electron chi connectivity index (χ0n) is 12.3. The van der Waals surface area contributed by atoms with Gasteiger partial charge in [0.1, 0.15) is 6.29 Å². The van der Waals surface area contributed by atoms with Gasteiger partial charge in [-0.25, -0.2) is 0 Å². The second kappa shape index (κ2) is 6.01. The summed E-state index contributed by atoms with van der Waals surface area (Å²) in [5, 5.41) is 5.44. The summed E-state index contributed by atoms with van der Waals surface area (Å²) in [7, 11) is -0.477. The molecule has 0 spiro atoms. The molecule has 0 saturated heterocycles. The number of hydrogen-bond acceptors (Lipinski definition) is 2. The Hall–Kier alpha value is -1.63. The molecule has 3 heteroatoms. The van der Waals surface area contributed by atoms with Gasteiger partial charge >= 0.3 is 0 Å². The molecule has 2 atom stereocenters. The lowest BCUT2D eigenvalue weighted by Crippen LogP contribution is -2.17. The van der Waals surface area contributed by atoms with Crippen LogP contribution in [-0.4, -0.2) is 12.4 Å². The molecule has 0 amide bonds. The second-order valence-corrected chi connectivity index (χ2v) is 7.54. The summed E-state index contributed by atoms with van der Waals surface area (Å²) in [5.41, 5.74) is 0. The number of carbonyl (C=O) groups excluding carboxylic acids is 1. The minimum Gasteiger partial charge on any atom is -0.369 e. The second-order valence-electron chi connectivity index (χ2n) is 5.46. The Balaban J connectivity index is 2.02. The fourth-order valence-corrected chi connectivity index (χ4v) is 5.02. The van der Waals surface area contributed by atoms with Gasteiger partial charge in [-0.3, -0.25) is 0 Å². The van der Waals surface area contributed by atoms with E-state index in [9.17, 15) is 4.79 Å². The molecule has 1 aromatic heterocycles. The van der Waals surface area contributed by atoms with Crippen molar-refractivity contribution in [3.63, 3.8) is 0 Å². The topological polar surface area (TPSA) is 26.3 Å². The minimum absolute atomic E-state index is 0.0371. The summed E-state index contributed by atoms with van der Waals surface area (Å²) in [6.45, 7) is 3.88. The average molecular weight is 298 g/mol. The van der Waals surface area contributed by atoms with Crippen LogP contribution in [0.4, 0.5) is 0 Å². The van der Waals surface area contributed by atoms with Crippen molar-refractivity contribution in [3.8, 4) is 0 Å². The highest BCUT2D eigenvalue weighted by Gasteiger charge is 2.15. The number of aldehydes is 1. The molecule has 0 aliphatic heterocycles. The molecular formula is C18H19O2P. The van der Waals surface area contributed by atoms with Crippen LogP contribution >= 0.6 is 7.53 Å². The molecule has 0 unspecified atom stereocenters. The number of benzene rings is 2. The predicted molar refractivity (Wildman–Crippen MR) is 89.9 cm³/mol. The summed E-state index contributed by atoms with van der Waals surface area (Å²) < 4.78 is 5.99. The van der Waals surface area contributed by atoms with Crippen LogP contribution in [0.2, 0.25) is 0 Å². The number of hydrogen-bond donors (Lipinski definition) is 0. The highest BCUT2D eigenvalue weighted by atomic mass is 31.1. The van der Waals surface area contributed by atoms with Crippen molar-refractivity contribution in [2.45, 2.75) is 26.3 Å². The molecule has 3 rings (SSSR count). The molecule has 0 fully saturated rings. The van der Waals surface area contributed by atoms with Crippen LogP contribution < -0.4 is 0 Å². The fourth-order valence-electron chi connectivity index (χ4n) is 2.60. The van der Waals surface area contributed by atoms with Crippen LogP contribution in [0.1, 0.15) is 13.8 Å². The summed E-state index contributed by atoms with van der Waals surface area (Å²) in [5.74, 6) is -0.0620. The van der Waals surface area contributed by atoms with E-state index in [0.717, 1.165) is 6.29 Å². The largest absolute Gasteiger partial charge is 0.369 e. The van der Waals surface area contributed by atoms with Gasteiger partial charge in [-0.05, 0) is 17.7 Å². The van der Waals surface area contributed by atoms with E-state index in [1.807, 2.05) is 13.8 Å². The van der Waals surface area contributed by atoms with E-state index in [4.69, 9.17) is 4.74 Å². The van der Waals surface area contributed by atoms with Crippen LogP contribution in [0.3, 0.4) is 0 Å². The third kappa shape index (κ3) is 2.62. The van der Waals surface area contributed by atoms with Gasteiger partial charge < -0.3 is 9.53 Å². The van der Waals surface area contributed by atoms with Crippen molar-refractivity contribution in [2.75, 3.05) is 0 Å². The lowest BCUT2D eigenvalue weighted by molar-refractivity contribution is -0.114. The lowest BCUT2D eigenvalue weighted by Gasteiger charge is -2.16. The van der Waals surface area contributed by atoms with Gasteiger partial charge in [-0.1, -0.05) is 63.0 Å². The number of carbonyl (C=O) groups is 1. The Morgan fingerprint density at radius 2 is 1.52 bits per heavy atom. The van der Waals surface area contributed by atoms with E-state index < -0.39 is 7.53 Å². The average Bonchev–Trinajstić information content (AvgIpc) is 2.86. The highest BCUT2D eigenvalue weighted by Crippen LogP contribution is 2.49. The molecule has 0 aliphatic carbocycles. The van der Waals surface area contributed by atoms with Crippen molar-refractivity contribution in [1.29, 1.82) is 0 Å². The first-order chi connectivity index (χ1) is 10.2.